The molecule has 1 aromatic carbocycles. The van der Waals surface area contributed by atoms with E-state index < -0.39 is 17.7 Å². The van der Waals surface area contributed by atoms with Gasteiger partial charge in [0.05, 0.1) is 49.4 Å². The van der Waals surface area contributed by atoms with Crippen molar-refractivity contribution >= 4 is 33.4 Å². The summed E-state index contributed by atoms with van der Waals surface area (Å²) in [5.41, 5.74) is 2.95. The maximum Gasteiger partial charge on any atom is 0.339 e. The highest BCUT2D eigenvalue weighted by Gasteiger charge is 2.38. The molecular formula is C31H41BrN4O5. The summed E-state index contributed by atoms with van der Waals surface area (Å²) in [5.74, 6) is 0.292. The van der Waals surface area contributed by atoms with Crippen molar-refractivity contribution in [2.45, 2.75) is 78.0 Å². The lowest BCUT2D eigenvalue weighted by atomic mass is 9.92. The molecule has 10 heteroatoms. The molecule has 2 aromatic heterocycles. The third-order valence-electron chi connectivity index (χ3n) is 7.14. The number of ether oxygens (including phenoxy) is 4. The summed E-state index contributed by atoms with van der Waals surface area (Å²) in [4.78, 5) is 20.3. The van der Waals surface area contributed by atoms with E-state index in [4.69, 9.17) is 29.0 Å². The van der Waals surface area contributed by atoms with Gasteiger partial charge in [0.15, 0.2) is 11.8 Å². The van der Waals surface area contributed by atoms with Gasteiger partial charge in [-0.3, -0.25) is 0 Å². The Morgan fingerprint density at radius 2 is 1.93 bits per heavy atom. The molecule has 0 bridgehead atoms. The Bertz CT molecular complexity index is 1370. The van der Waals surface area contributed by atoms with Gasteiger partial charge >= 0.3 is 5.97 Å². The van der Waals surface area contributed by atoms with Crippen LogP contribution in [-0.2, 0) is 37.0 Å². The monoisotopic (exact) mass is 628 g/mol. The van der Waals surface area contributed by atoms with Crippen molar-refractivity contribution in [3.63, 3.8) is 0 Å². The molecule has 1 atom stereocenters. The second kappa shape index (κ2) is 13.0. The molecule has 3 aromatic rings. The topological polar surface area (TPSA) is 87.4 Å². The molecule has 1 saturated heterocycles. The van der Waals surface area contributed by atoms with Crippen LogP contribution in [0.5, 0.6) is 0 Å². The molecule has 41 heavy (non-hydrogen) atoms. The normalized spacial score (nSPS) is 16.1. The van der Waals surface area contributed by atoms with E-state index in [1.54, 1.807) is 6.08 Å². The molecule has 3 heterocycles. The van der Waals surface area contributed by atoms with Crippen LogP contribution < -0.4 is 4.90 Å². The highest BCUT2D eigenvalue weighted by molar-refractivity contribution is 9.10. The van der Waals surface area contributed by atoms with E-state index in [2.05, 4.69) is 34.3 Å². The second-order valence-corrected chi connectivity index (χ2v) is 12.4. The van der Waals surface area contributed by atoms with Gasteiger partial charge in [-0.05, 0) is 59.1 Å². The standard InChI is InChI=1S/C31H41BrN4O5/c1-8-17-40-31(6)13-15-35(16-14-31)28-26(27(29(37)38-7)41-30(3,4)5)21(2)33-25-18-23(34-36(25)28)20-39-19-22-11-9-10-12-24(22)32/h8-12,18,27H,1,13-17,19-20H2,2-7H3. The summed E-state index contributed by atoms with van der Waals surface area (Å²) in [6.45, 7) is 16.2. The summed E-state index contributed by atoms with van der Waals surface area (Å²) >= 11 is 3.58. The van der Waals surface area contributed by atoms with Crippen molar-refractivity contribution in [3.05, 3.63) is 70.0 Å². The number of benzene rings is 1. The maximum atomic E-state index is 13.2. The van der Waals surface area contributed by atoms with E-state index in [-0.39, 0.29) is 5.60 Å². The van der Waals surface area contributed by atoms with Crippen LogP contribution in [0.4, 0.5) is 5.82 Å². The van der Waals surface area contributed by atoms with E-state index in [0.29, 0.717) is 49.8 Å². The number of aryl methyl sites for hydroxylation is 1. The van der Waals surface area contributed by atoms with Gasteiger partial charge < -0.3 is 23.8 Å². The van der Waals surface area contributed by atoms with Gasteiger partial charge in [-0.25, -0.2) is 9.78 Å². The molecular weight excluding hydrogens is 588 g/mol. The predicted octanol–water partition coefficient (Wildman–Crippen LogP) is 6.11. The van der Waals surface area contributed by atoms with Crippen molar-refractivity contribution in [3.8, 4) is 0 Å². The average molecular weight is 630 g/mol. The van der Waals surface area contributed by atoms with Crippen LogP contribution in [0.15, 0.2) is 47.5 Å². The maximum absolute atomic E-state index is 13.2. The molecule has 1 fully saturated rings. The Balaban J connectivity index is 1.73. The number of carbonyl (C=O) groups excluding carboxylic acids is 1. The number of aromatic nitrogens is 3. The van der Waals surface area contributed by atoms with Gasteiger partial charge in [0.25, 0.3) is 0 Å². The molecule has 0 radical (unpaired) electrons. The van der Waals surface area contributed by atoms with Gasteiger partial charge in [0.2, 0.25) is 0 Å². The van der Waals surface area contributed by atoms with Crippen molar-refractivity contribution in [1.82, 2.24) is 14.6 Å². The Hall–Kier alpha value is -2.79. The fraction of sp³-hybridized carbons (Fsp3) is 0.516. The zero-order chi connectivity index (χ0) is 29.8. The van der Waals surface area contributed by atoms with Gasteiger partial charge in [0, 0.05) is 29.3 Å². The summed E-state index contributed by atoms with van der Waals surface area (Å²) in [7, 11) is 1.38. The first kappa shape index (κ1) is 31.2. The van der Waals surface area contributed by atoms with Crippen molar-refractivity contribution in [2.75, 3.05) is 31.7 Å². The molecule has 4 rings (SSSR count). The minimum Gasteiger partial charge on any atom is -0.467 e. The third kappa shape index (κ3) is 7.54. The van der Waals surface area contributed by atoms with E-state index in [1.807, 2.05) is 62.5 Å². The number of esters is 1. The third-order valence-corrected chi connectivity index (χ3v) is 7.91. The first-order valence-corrected chi connectivity index (χ1v) is 14.7. The zero-order valence-electron chi connectivity index (χ0n) is 24.9. The molecule has 9 nitrogen and oxygen atoms in total. The number of nitrogens with zero attached hydrogens (tertiary/aromatic N) is 4. The number of hydrogen-bond acceptors (Lipinski definition) is 8. The number of anilines is 1. The molecule has 0 amide bonds. The number of fused-ring (bicyclic) bond motifs is 1. The largest absolute Gasteiger partial charge is 0.467 e. The van der Waals surface area contributed by atoms with Gasteiger partial charge in [0.1, 0.15) is 5.82 Å². The number of rotatable bonds is 11. The van der Waals surface area contributed by atoms with Crippen LogP contribution in [0.3, 0.4) is 0 Å². The quantitative estimate of drug-likeness (QED) is 0.186. The highest BCUT2D eigenvalue weighted by Crippen LogP contribution is 2.38. The number of piperidine rings is 1. The smallest absolute Gasteiger partial charge is 0.339 e. The number of halogens is 1. The number of carbonyl (C=O) groups is 1. The van der Waals surface area contributed by atoms with E-state index in [0.717, 1.165) is 34.4 Å². The SMILES string of the molecule is C=CCOC1(C)CCN(c2c(C(OC(C)(C)C)C(=O)OC)c(C)nc3cc(COCc4ccccc4Br)nn23)CC1. The minimum atomic E-state index is -0.975. The fourth-order valence-corrected chi connectivity index (χ4v) is 5.41. The van der Waals surface area contributed by atoms with Gasteiger partial charge in [-0.2, -0.15) is 9.61 Å². The number of hydrogen-bond donors (Lipinski definition) is 0. The van der Waals surface area contributed by atoms with Crippen LogP contribution in [0.2, 0.25) is 0 Å². The average Bonchev–Trinajstić information content (AvgIpc) is 3.33. The Labute approximate surface area is 250 Å². The molecule has 1 unspecified atom stereocenters. The molecule has 1 aliphatic rings. The van der Waals surface area contributed by atoms with E-state index >= 15 is 0 Å². The molecule has 0 aliphatic carbocycles. The minimum absolute atomic E-state index is 0.259. The van der Waals surface area contributed by atoms with Crippen LogP contribution in [0.25, 0.3) is 5.65 Å². The zero-order valence-corrected chi connectivity index (χ0v) is 26.5. The van der Waals surface area contributed by atoms with Crippen LogP contribution in [0, 0.1) is 6.92 Å². The van der Waals surface area contributed by atoms with Gasteiger partial charge in [-0.15, -0.1) is 6.58 Å². The summed E-state index contributed by atoms with van der Waals surface area (Å²) < 4.78 is 26.5. The first-order valence-electron chi connectivity index (χ1n) is 13.9. The van der Waals surface area contributed by atoms with Crippen molar-refractivity contribution < 1.29 is 23.7 Å². The molecule has 0 N–H and O–H groups in total. The van der Waals surface area contributed by atoms with E-state index in [1.165, 1.54) is 7.11 Å². The van der Waals surface area contributed by atoms with Crippen LogP contribution in [-0.4, -0.2) is 58.6 Å². The Morgan fingerprint density at radius 1 is 1.22 bits per heavy atom. The molecule has 0 spiro atoms. The Morgan fingerprint density at radius 3 is 2.56 bits per heavy atom. The lowest BCUT2D eigenvalue weighted by molar-refractivity contribution is -0.164. The lowest BCUT2D eigenvalue weighted by Gasteiger charge is -2.41. The Kier molecular flexibility index (Phi) is 9.89. The summed E-state index contributed by atoms with van der Waals surface area (Å²) in [5, 5.41) is 4.92. The van der Waals surface area contributed by atoms with Crippen molar-refractivity contribution in [2.24, 2.45) is 0 Å². The van der Waals surface area contributed by atoms with Gasteiger partial charge in [-0.1, -0.05) is 40.2 Å². The van der Waals surface area contributed by atoms with E-state index in [9.17, 15) is 4.79 Å². The van der Waals surface area contributed by atoms with Crippen molar-refractivity contribution in [1.29, 1.82) is 0 Å². The number of methoxy groups -OCH3 is 1. The van der Waals surface area contributed by atoms with Crippen LogP contribution >= 0.6 is 15.9 Å². The molecule has 1 aliphatic heterocycles. The van der Waals surface area contributed by atoms with Crippen LogP contribution in [0.1, 0.15) is 69.2 Å². The highest BCUT2D eigenvalue weighted by atomic mass is 79.9. The predicted molar refractivity (Wildman–Crippen MR) is 162 cm³/mol. The lowest BCUT2D eigenvalue weighted by Crippen LogP contribution is -2.45. The molecule has 0 saturated carbocycles. The molecule has 222 valence electrons. The summed E-state index contributed by atoms with van der Waals surface area (Å²) in [6, 6.07) is 9.90. The fourth-order valence-electron chi connectivity index (χ4n) is 5.01. The first-order chi connectivity index (χ1) is 19.4. The summed E-state index contributed by atoms with van der Waals surface area (Å²) in [6.07, 6.45) is 2.40. The second-order valence-electron chi connectivity index (χ2n) is 11.6.